The minimum Gasteiger partial charge on any atom is -0.497 e. The molecule has 2 amide bonds. The third-order valence-electron chi connectivity index (χ3n) is 5.06. The van der Waals surface area contributed by atoms with E-state index < -0.39 is 6.04 Å². The van der Waals surface area contributed by atoms with Crippen LogP contribution in [0.25, 0.3) is 11.1 Å². The van der Waals surface area contributed by atoms with E-state index in [0.717, 1.165) is 16.8 Å². The highest BCUT2D eigenvalue weighted by atomic mass is 16.5. The number of carbonyl (C=O) groups excluding carboxylic acids is 2. The summed E-state index contributed by atoms with van der Waals surface area (Å²) in [5.74, 6) is 0.274. The van der Waals surface area contributed by atoms with Crippen LogP contribution in [0.2, 0.25) is 0 Å². The van der Waals surface area contributed by atoms with Gasteiger partial charge in [-0.1, -0.05) is 54.6 Å². The van der Waals surface area contributed by atoms with E-state index in [1.165, 1.54) is 0 Å². The van der Waals surface area contributed by atoms with E-state index in [-0.39, 0.29) is 18.4 Å². The van der Waals surface area contributed by atoms with Gasteiger partial charge in [0.25, 0.3) is 0 Å². The van der Waals surface area contributed by atoms with E-state index in [2.05, 4.69) is 10.6 Å². The molecular formula is C25H27N3O3. The molecule has 0 fully saturated rings. The summed E-state index contributed by atoms with van der Waals surface area (Å²) in [7, 11) is 3.32. The maximum atomic E-state index is 12.9. The highest BCUT2D eigenvalue weighted by Gasteiger charge is 2.21. The van der Waals surface area contributed by atoms with E-state index in [1.54, 1.807) is 44.2 Å². The third kappa shape index (κ3) is 5.93. The molecule has 0 aliphatic rings. The Morgan fingerprint density at radius 1 is 0.935 bits per heavy atom. The Balaban J connectivity index is 1.62. The summed E-state index contributed by atoms with van der Waals surface area (Å²) in [6.07, 6.45) is 0. The van der Waals surface area contributed by atoms with Crippen molar-refractivity contribution < 1.29 is 14.3 Å². The average molecular weight is 418 g/mol. The molecule has 0 saturated carbocycles. The number of hydrogen-bond acceptors (Lipinski definition) is 4. The van der Waals surface area contributed by atoms with E-state index in [1.807, 2.05) is 60.7 Å². The molecule has 3 aromatic carbocycles. The lowest BCUT2D eigenvalue weighted by molar-refractivity contribution is -0.122. The van der Waals surface area contributed by atoms with Gasteiger partial charge in [0.05, 0.1) is 19.7 Å². The van der Waals surface area contributed by atoms with Crippen LogP contribution in [0.15, 0.2) is 78.9 Å². The second kappa shape index (κ2) is 10.4. The Morgan fingerprint density at radius 2 is 1.65 bits per heavy atom. The summed E-state index contributed by atoms with van der Waals surface area (Å²) in [6, 6.07) is 24.2. The van der Waals surface area contributed by atoms with Crippen molar-refractivity contribution in [3.63, 3.8) is 0 Å². The van der Waals surface area contributed by atoms with Gasteiger partial charge < -0.3 is 15.4 Å². The van der Waals surface area contributed by atoms with Crippen molar-refractivity contribution in [3.8, 4) is 16.9 Å². The van der Waals surface area contributed by atoms with Crippen molar-refractivity contribution >= 4 is 23.2 Å². The van der Waals surface area contributed by atoms with Crippen molar-refractivity contribution in [2.24, 2.45) is 0 Å². The second-order valence-electron chi connectivity index (χ2n) is 7.27. The number of likely N-dealkylation sites (N-methyl/N-ethyl adjacent to an activating group) is 1. The molecule has 0 aliphatic carbocycles. The zero-order valence-electron chi connectivity index (χ0n) is 18.0. The van der Waals surface area contributed by atoms with Gasteiger partial charge in [0, 0.05) is 23.0 Å². The zero-order valence-corrected chi connectivity index (χ0v) is 18.0. The maximum absolute atomic E-state index is 12.9. The molecule has 6 heteroatoms. The molecule has 1 atom stereocenters. The molecule has 0 aliphatic heterocycles. The first-order chi connectivity index (χ1) is 15.0. The lowest BCUT2D eigenvalue weighted by Crippen LogP contribution is -2.43. The zero-order chi connectivity index (χ0) is 22.2. The van der Waals surface area contributed by atoms with Crippen LogP contribution >= 0.6 is 0 Å². The first kappa shape index (κ1) is 22.1. The van der Waals surface area contributed by atoms with Gasteiger partial charge in [-0.15, -0.1) is 0 Å². The van der Waals surface area contributed by atoms with E-state index in [0.29, 0.717) is 11.4 Å². The number of amides is 2. The number of methoxy groups -OCH3 is 1. The van der Waals surface area contributed by atoms with Gasteiger partial charge in [-0.05, 0) is 37.7 Å². The summed E-state index contributed by atoms with van der Waals surface area (Å²) in [6.45, 7) is 1.85. The number of anilines is 2. The summed E-state index contributed by atoms with van der Waals surface area (Å²) >= 11 is 0. The fraction of sp³-hybridized carbons (Fsp3) is 0.200. The number of ether oxygens (including phenoxy) is 1. The minimum absolute atomic E-state index is 0.0755. The Labute approximate surface area is 182 Å². The molecule has 0 radical (unpaired) electrons. The van der Waals surface area contributed by atoms with Crippen LogP contribution in [-0.2, 0) is 9.59 Å². The molecule has 31 heavy (non-hydrogen) atoms. The molecule has 6 nitrogen and oxygen atoms in total. The quantitative estimate of drug-likeness (QED) is 0.575. The van der Waals surface area contributed by atoms with Crippen molar-refractivity contribution in [1.82, 2.24) is 4.90 Å². The lowest BCUT2D eigenvalue weighted by atomic mass is 10.0. The number of benzene rings is 3. The normalized spacial score (nSPS) is 11.6. The second-order valence-corrected chi connectivity index (χ2v) is 7.27. The van der Waals surface area contributed by atoms with Crippen LogP contribution in [0.5, 0.6) is 5.75 Å². The number of para-hydroxylation sites is 1. The van der Waals surface area contributed by atoms with Gasteiger partial charge >= 0.3 is 0 Å². The van der Waals surface area contributed by atoms with Crippen LogP contribution in [-0.4, -0.2) is 43.5 Å². The molecule has 3 rings (SSSR count). The number of nitrogens with one attached hydrogen (secondary N) is 2. The van der Waals surface area contributed by atoms with Crippen LogP contribution in [0.4, 0.5) is 11.4 Å². The standard InChI is InChI=1S/C25H27N3O3/c1-18(28(2)17-24(29)26-20-12-9-13-21(16-20)31-3)25(30)27-23-15-8-7-14-22(23)19-10-5-4-6-11-19/h4-16,18H,17H2,1-3H3,(H,26,29)(H,27,30). The monoisotopic (exact) mass is 417 g/mol. The van der Waals surface area contributed by atoms with Gasteiger partial charge in [0.1, 0.15) is 5.75 Å². The molecule has 0 aromatic heterocycles. The summed E-state index contributed by atoms with van der Waals surface area (Å²) in [4.78, 5) is 27.0. The predicted octanol–water partition coefficient (Wildman–Crippen LogP) is 4.26. The number of nitrogens with zero attached hydrogens (tertiary/aromatic N) is 1. The van der Waals surface area contributed by atoms with E-state index in [4.69, 9.17) is 4.74 Å². The first-order valence-corrected chi connectivity index (χ1v) is 10.1. The Hall–Kier alpha value is -3.64. The molecule has 0 spiro atoms. The van der Waals surface area contributed by atoms with Crippen molar-refractivity contribution in [3.05, 3.63) is 78.9 Å². The van der Waals surface area contributed by atoms with Gasteiger partial charge in [0.2, 0.25) is 11.8 Å². The summed E-state index contributed by atoms with van der Waals surface area (Å²) < 4.78 is 5.17. The molecule has 3 aromatic rings. The lowest BCUT2D eigenvalue weighted by Gasteiger charge is -2.24. The van der Waals surface area contributed by atoms with E-state index in [9.17, 15) is 9.59 Å². The molecule has 0 saturated heterocycles. The smallest absolute Gasteiger partial charge is 0.241 e. The topological polar surface area (TPSA) is 70.7 Å². The van der Waals surface area contributed by atoms with Crippen LogP contribution in [0, 0.1) is 0 Å². The van der Waals surface area contributed by atoms with Gasteiger partial charge in [-0.25, -0.2) is 0 Å². The fourth-order valence-electron chi connectivity index (χ4n) is 3.16. The molecule has 0 heterocycles. The number of hydrogen-bond donors (Lipinski definition) is 2. The highest BCUT2D eigenvalue weighted by Crippen LogP contribution is 2.27. The molecule has 1 unspecified atom stereocenters. The molecular weight excluding hydrogens is 390 g/mol. The van der Waals surface area contributed by atoms with Gasteiger partial charge in [0.15, 0.2) is 0 Å². The maximum Gasteiger partial charge on any atom is 0.241 e. The number of rotatable bonds is 8. The molecule has 0 bridgehead atoms. The fourth-order valence-corrected chi connectivity index (χ4v) is 3.16. The molecule has 160 valence electrons. The van der Waals surface area contributed by atoms with Crippen molar-refractivity contribution in [1.29, 1.82) is 0 Å². The minimum atomic E-state index is -0.500. The van der Waals surface area contributed by atoms with Crippen LogP contribution in [0.3, 0.4) is 0 Å². The van der Waals surface area contributed by atoms with Gasteiger partial charge in [-0.2, -0.15) is 0 Å². The summed E-state index contributed by atoms with van der Waals surface area (Å²) in [5, 5.41) is 5.83. The SMILES string of the molecule is COc1cccc(NC(=O)CN(C)C(C)C(=O)Nc2ccccc2-c2ccccc2)c1. The highest BCUT2D eigenvalue weighted by molar-refractivity contribution is 5.99. The van der Waals surface area contributed by atoms with Crippen LogP contribution in [0.1, 0.15) is 6.92 Å². The van der Waals surface area contributed by atoms with Crippen molar-refractivity contribution in [2.45, 2.75) is 13.0 Å². The van der Waals surface area contributed by atoms with Crippen LogP contribution < -0.4 is 15.4 Å². The summed E-state index contributed by atoms with van der Waals surface area (Å²) in [5.41, 5.74) is 3.35. The van der Waals surface area contributed by atoms with Gasteiger partial charge in [-0.3, -0.25) is 14.5 Å². The Morgan fingerprint density at radius 3 is 2.39 bits per heavy atom. The largest absolute Gasteiger partial charge is 0.497 e. The van der Waals surface area contributed by atoms with Crippen molar-refractivity contribution in [2.75, 3.05) is 31.3 Å². The first-order valence-electron chi connectivity index (χ1n) is 10.1. The molecule has 2 N–H and O–H groups in total. The Kier molecular flexibility index (Phi) is 7.40. The Bertz CT molecular complexity index is 1040. The number of carbonyl (C=O) groups is 2. The average Bonchev–Trinajstić information content (AvgIpc) is 2.79. The van der Waals surface area contributed by atoms with E-state index >= 15 is 0 Å². The third-order valence-corrected chi connectivity index (χ3v) is 5.06. The predicted molar refractivity (Wildman–Crippen MR) is 124 cm³/mol.